The smallest absolute Gasteiger partial charge is 0.258 e. The third kappa shape index (κ3) is 2.72. The van der Waals surface area contributed by atoms with Crippen LogP contribution in [0.3, 0.4) is 0 Å². The van der Waals surface area contributed by atoms with Crippen molar-refractivity contribution in [3.8, 4) is 17.1 Å². The van der Waals surface area contributed by atoms with Crippen LogP contribution in [0.15, 0.2) is 53.3 Å². The van der Waals surface area contributed by atoms with Gasteiger partial charge in [0.25, 0.3) is 5.69 Å². The molecule has 0 fully saturated rings. The Balaban J connectivity index is 2.09. The summed E-state index contributed by atoms with van der Waals surface area (Å²) in [4.78, 5) is 14.5. The van der Waals surface area contributed by atoms with Crippen molar-refractivity contribution >= 4 is 33.2 Å². The van der Waals surface area contributed by atoms with E-state index in [4.69, 9.17) is 11.6 Å². The highest BCUT2D eigenvalue weighted by atomic mass is 79.9. The second-order valence-corrected chi connectivity index (χ2v) is 5.72. The fraction of sp³-hybridized carbons (Fsp3) is 0. The van der Waals surface area contributed by atoms with Crippen molar-refractivity contribution in [3.05, 3.63) is 68.4 Å². The predicted molar refractivity (Wildman–Crippen MR) is 86.2 cm³/mol. The monoisotopic (exact) mass is 378 g/mol. The van der Waals surface area contributed by atoms with E-state index in [1.54, 1.807) is 10.7 Å². The van der Waals surface area contributed by atoms with Crippen LogP contribution in [0.2, 0.25) is 5.02 Å². The maximum Gasteiger partial charge on any atom is 0.271 e. The molecule has 0 atom stereocenters. The second kappa shape index (κ2) is 5.86. The lowest BCUT2D eigenvalue weighted by molar-refractivity contribution is -0.384. The molecule has 110 valence electrons. The number of nitro benzene ring substituents is 1. The van der Waals surface area contributed by atoms with Crippen molar-refractivity contribution in [1.82, 2.24) is 14.8 Å². The summed E-state index contributed by atoms with van der Waals surface area (Å²) in [6.07, 6.45) is 1.41. The summed E-state index contributed by atoms with van der Waals surface area (Å²) in [5, 5.41) is 15.2. The molecule has 0 bridgehead atoms. The number of aromatic nitrogens is 3. The van der Waals surface area contributed by atoms with E-state index in [1.165, 1.54) is 18.5 Å². The lowest BCUT2D eigenvalue weighted by atomic mass is 10.2. The molecule has 8 heteroatoms. The Hall–Kier alpha value is -2.25. The number of nitrogens with zero attached hydrogens (tertiary/aromatic N) is 4. The highest BCUT2D eigenvalue weighted by Gasteiger charge is 2.15. The van der Waals surface area contributed by atoms with E-state index in [9.17, 15) is 10.1 Å². The van der Waals surface area contributed by atoms with Crippen LogP contribution in [0.25, 0.3) is 17.1 Å². The SMILES string of the molecule is O=[N+]([O-])c1ccc(-n2ncnc2-c2ccc(Br)cc2)c(Cl)c1. The molecule has 1 aromatic heterocycles. The van der Waals surface area contributed by atoms with Crippen molar-refractivity contribution in [2.45, 2.75) is 0 Å². The van der Waals surface area contributed by atoms with E-state index in [-0.39, 0.29) is 10.7 Å². The van der Waals surface area contributed by atoms with Gasteiger partial charge < -0.3 is 0 Å². The number of hydrogen-bond donors (Lipinski definition) is 0. The lowest BCUT2D eigenvalue weighted by Gasteiger charge is -2.08. The number of non-ortho nitro benzene ring substituents is 1. The van der Waals surface area contributed by atoms with E-state index in [1.807, 2.05) is 24.3 Å². The Morgan fingerprint density at radius 2 is 1.91 bits per heavy atom. The topological polar surface area (TPSA) is 73.8 Å². The molecule has 0 unspecified atom stereocenters. The zero-order valence-corrected chi connectivity index (χ0v) is 13.3. The first kappa shape index (κ1) is 14.7. The van der Waals surface area contributed by atoms with Gasteiger partial charge in [0.05, 0.1) is 15.6 Å². The van der Waals surface area contributed by atoms with Gasteiger partial charge in [-0.25, -0.2) is 9.67 Å². The van der Waals surface area contributed by atoms with Crippen LogP contribution < -0.4 is 0 Å². The van der Waals surface area contributed by atoms with Gasteiger partial charge in [0.2, 0.25) is 0 Å². The molecule has 0 aliphatic carbocycles. The van der Waals surface area contributed by atoms with Gasteiger partial charge in [-0.1, -0.05) is 39.7 Å². The maximum atomic E-state index is 10.8. The van der Waals surface area contributed by atoms with E-state index in [0.717, 1.165) is 10.0 Å². The summed E-state index contributed by atoms with van der Waals surface area (Å²) in [5.74, 6) is 0.600. The summed E-state index contributed by atoms with van der Waals surface area (Å²) in [6.45, 7) is 0. The van der Waals surface area contributed by atoms with Crippen molar-refractivity contribution < 1.29 is 4.92 Å². The molecule has 3 rings (SSSR count). The Morgan fingerprint density at radius 1 is 1.18 bits per heavy atom. The largest absolute Gasteiger partial charge is 0.271 e. The molecule has 1 heterocycles. The zero-order valence-electron chi connectivity index (χ0n) is 11.0. The van der Waals surface area contributed by atoms with Gasteiger partial charge in [-0.3, -0.25) is 10.1 Å². The Morgan fingerprint density at radius 3 is 2.55 bits per heavy atom. The van der Waals surface area contributed by atoms with Gasteiger partial charge >= 0.3 is 0 Å². The summed E-state index contributed by atoms with van der Waals surface area (Å²) in [7, 11) is 0. The van der Waals surface area contributed by atoms with Crippen LogP contribution >= 0.6 is 27.5 Å². The number of hydrogen-bond acceptors (Lipinski definition) is 4. The van der Waals surface area contributed by atoms with Gasteiger partial charge in [-0.2, -0.15) is 5.10 Å². The molecule has 0 spiro atoms. The molecule has 6 nitrogen and oxygen atoms in total. The van der Waals surface area contributed by atoms with Crippen molar-refractivity contribution in [1.29, 1.82) is 0 Å². The minimum absolute atomic E-state index is 0.0703. The van der Waals surface area contributed by atoms with Gasteiger partial charge in [-0.15, -0.1) is 0 Å². The van der Waals surface area contributed by atoms with Crippen LogP contribution in [0.4, 0.5) is 5.69 Å². The molecule has 0 saturated heterocycles. The molecule has 0 saturated carbocycles. The van der Waals surface area contributed by atoms with Crippen molar-refractivity contribution in [2.24, 2.45) is 0 Å². The molecule has 0 aliphatic rings. The number of rotatable bonds is 3. The fourth-order valence-corrected chi connectivity index (χ4v) is 2.51. The zero-order chi connectivity index (χ0) is 15.7. The number of nitro groups is 1. The first-order chi connectivity index (χ1) is 10.6. The standard InChI is InChI=1S/C14H8BrClN4O2/c15-10-3-1-9(2-4-10)14-17-8-18-19(14)13-6-5-11(20(21)22)7-12(13)16/h1-8H. The highest BCUT2D eigenvalue weighted by Crippen LogP contribution is 2.28. The van der Waals surface area contributed by atoms with E-state index >= 15 is 0 Å². The van der Waals surface area contributed by atoms with Crippen molar-refractivity contribution in [2.75, 3.05) is 0 Å². The molecule has 0 aliphatic heterocycles. The molecular weight excluding hydrogens is 372 g/mol. The predicted octanol–water partition coefficient (Wildman–Crippen LogP) is 4.26. The normalized spacial score (nSPS) is 10.6. The Labute approximate surface area is 138 Å². The van der Waals surface area contributed by atoms with Crippen LogP contribution in [0.1, 0.15) is 0 Å². The number of benzene rings is 2. The van der Waals surface area contributed by atoms with E-state index in [0.29, 0.717) is 11.5 Å². The average Bonchev–Trinajstić information content (AvgIpc) is 2.97. The first-order valence-corrected chi connectivity index (χ1v) is 7.33. The molecule has 0 radical (unpaired) electrons. The third-order valence-corrected chi connectivity index (χ3v) is 3.85. The maximum absolute atomic E-state index is 10.8. The van der Waals surface area contributed by atoms with Gasteiger partial charge in [0.1, 0.15) is 6.33 Å². The number of halogens is 2. The van der Waals surface area contributed by atoms with Gasteiger partial charge in [-0.05, 0) is 18.2 Å². The summed E-state index contributed by atoms with van der Waals surface area (Å²) in [5.41, 5.74) is 1.32. The van der Waals surface area contributed by atoms with Crippen LogP contribution in [-0.2, 0) is 0 Å². The van der Waals surface area contributed by atoms with Gasteiger partial charge in [0, 0.05) is 22.2 Å². The second-order valence-electron chi connectivity index (χ2n) is 4.40. The van der Waals surface area contributed by atoms with Crippen molar-refractivity contribution in [3.63, 3.8) is 0 Å². The minimum Gasteiger partial charge on any atom is -0.258 e. The third-order valence-electron chi connectivity index (χ3n) is 3.02. The van der Waals surface area contributed by atoms with Crippen LogP contribution in [0.5, 0.6) is 0 Å². The molecular formula is C14H8BrClN4O2. The quantitative estimate of drug-likeness (QED) is 0.503. The van der Waals surface area contributed by atoms with Crippen LogP contribution in [-0.4, -0.2) is 19.7 Å². The summed E-state index contributed by atoms with van der Waals surface area (Å²) >= 11 is 9.53. The first-order valence-electron chi connectivity index (χ1n) is 6.16. The Kier molecular flexibility index (Phi) is 3.91. The van der Waals surface area contributed by atoms with Crippen LogP contribution in [0, 0.1) is 10.1 Å². The molecule has 0 amide bonds. The average molecular weight is 380 g/mol. The molecule has 0 N–H and O–H groups in total. The minimum atomic E-state index is -0.493. The Bertz CT molecular complexity index is 848. The fourth-order valence-electron chi connectivity index (χ4n) is 1.99. The molecule has 2 aromatic carbocycles. The van der Waals surface area contributed by atoms with E-state index in [2.05, 4.69) is 26.0 Å². The lowest BCUT2D eigenvalue weighted by Crippen LogP contribution is -2.01. The highest BCUT2D eigenvalue weighted by molar-refractivity contribution is 9.10. The van der Waals surface area contributed by atoms with Gasteiger partial charge in [0.15, 0.2) is 5.82 Å². The molecule has 3 aromatic rings. The van der Waals surface area contributed by atoms with E-state index < -0.39 is 4.92 Å². The summed E-state index contributed by atoms with van der Waals surface area (Å²) in [6, 6.07) is 11.8. The summed E-state index contributed by atoms with van der Waals surface area (Å²) < 4.78 is 2.51. The molecule has 22 heavy (non-hydrogen) atoms.